The molecule has 1 heterocycles. The fourth-order valence-electron chi connectivity index (χ4n) is 2.69. The van der Waals surface area contributed by atoms with Crippen LogP contribution in [0.3, 0.4) is 0 Å². The van der Waals surface area contributed by atoms with E-state index in [1.807, 2.05) is 0 Å². The summed E-state index contributed by atoms with van der Waals surface area (Å²) in [6, 6.07) is -0.653. The fraction of sp³-hybridized carbons (Fsp3) is 0.769. The van der Waals surface area contributed by atoms with Crippen molar-refractivity contribution in [2.75, 3.05) is 13.1 Å². The van der Waals surface area contributed by atoms with E-state index in [9.17, 15) is 19.5 Å². The number of nitrogens with zero attached hydrogens (tertiary/aromatic N) is 2. The Hall–Kier alpha value is -1.79. The van der Waals surface area contributed by atoms with Crippen molar-refractivity contribution < 1.29 is 19.5 Å². The molecule has 1 fully saturated rings. The predicted molar refractivity (Wildman–Crippen MR) is 73.0 cm³/mol. The molecule has 0 aromatic carbocycles. The van der Waals surface area contributed by atoms with Crippen LogP contribution in [0.15, 0.2) is 0 Å². The van der Waals surface area contributed by atoms with Gasteiger partial charge in [0.2, 0.25) is 5.91 Å². The first-order valence-electron chi connectivity index (χ1n) is 6.86. The normalized spacial score (nSPS) is 22.1. The van der Waals surface area contributed by atoms with E-state index < -0.39 is 23.4 Å². The van der Waals surface area contributed by atoms with E-state index in [0.717, 1.165) is 0 Å². The van der Waals surface area contributed by atoms with Gasteiger partial charge in [-0.1, -0.05) is 6.92 Å². The first-order chi connectivity index (χ1) is 9.26. The Labute approximate surface area is 118 Å². The lowest BCUT2D eigenvalue weighted by Crippen LogP contribution is -2.58. The van der Waals surface area contributed by atoms with Crippen molar-refractivity contribution >= 4 is 17.9 Å². The van der Waals surface area contributed by atoms with Gasteiger partial charge in [-0.2, -0.15) is 0 Å². The summed E-state index contributed by atoms with van der Waals surface area (Å²) in [5, 5.41) is 9.48. The molecule has 0 aromatic heterocycles. The van der Waals surface area contributed by atoms with Gasteiger partial charge in [-0.05, 0) is 33.1 Å². The highest BCUT2D eigenvalue weighted by Crippen LogP contribution is 2.33. The zero-order valence-corrected chi connectivity index (χ0v) is 12.3. The van der Waals surface area contributed by atoms with Crippen molar-refractivity contribution in [2.24, 2.45) is 5.73 Å². The van der Waals surface area contributed by atoms with E-state index in [1.54, 1.807) is 20.8 Å². The van der Waals surface area contributed by atoms with Gasteiger partial charge in [-0.25, -0.2) is 9.59 Å². The third-order valence-corrected chi connectivity index (χ3v) is 3.90. The first kappa shape index (κ1) is 16.3. The Morgan fingerprint density at radius 1 is 1.40 bits per heavy atom. The molecule has 0 spiro atoms. The van der Waals surface area contributed by atoms with Crippen molar-refractivity contribution in [3.8, 4) is 0 Å². The maximum absolute atomic E-state index is 12.6. The summed E-state index contributed by atoms with van der Waals surface area (Å²) < 4.78 is 0. The Kier molecular flexibility index (Phi) is 4.97. The summed E-state index contributed by atoms with van der Waals surface area (Å²) in [4.78, 5) is 37.9. The fourth-order valence-corrected chi connectivity index (χ4v) is 2.69. The van der Waals surface area contributed by atoms with Gasteiger partial charge < -0.3 is 20.6 Å². The van der Waals surface area contributed by atoms with Gasteiger partial charge >= 0.3 is 12.0 Å². The molecular weight excluding hydrogens is 262 g/mol. The minimum absolute atomic E-state index is 0.202. The zero-order chi connectivity index (χ0) is 15.5. The number of carbonyl (C=O) groups is 3. The van der Waals surface area contributed by atoms with Gasteiger partial charge in [0, 0.05) is 12.6 Å². The maximum Gasteiger partial charge on any atom is 0.329 e. The second-order valence-corrected chi connectivity index (χ2v) is 5.42. The van der Waals surface area contributed by atoms with E-state index in [-0.39, 0.29) is 12.6 Å². The van der Waals surface area contributed by atoms with E-state index in [2.05, 4.69) is 0 Å². The summed E-state index contributed by atoms with van der Waals surface area (Å²) in [5.74, 6) is -1.60. The molecule has 114 valence electrons. The molecule has 0 aliphatic carbocycles. The zero-order valence-electron chi connectivity index (χ0n) is 12.3. The molecule has 0 saturated carbocycles. The summed E-state index contributed by atoms with van der Waals surface area (Å²) in [6.45, 7) is 5.48. The molecule has 1 aliphatic rings. The third kappa shape index (κ3) is 2.86. The molecule has 1 rings (SSSR count). The van der Waals surface area contributed by atoms with Crippen molar-refractivity contribution in [3.63, 3.8) is 0 Å². The molecule has 20 heavy (non-hydrogen) atoms. The number of aliphatic carboxylic acids is 1. The van der Waals surface area contributed by atoms with Crippen LogP contribution in [0, 0.1) is 0 Å². The van der Waals surface area contributed by atoms with Gasteiger partial charge in [0.05, 0.1) is 0 Å². The van der Waals surface area contributed by atoms with Crippen LogP contribution in [-0.4, -0.2) is 57.5 Å². The minimum atomic E-state index is -1.16. The molecule has 0 radical (unpaired) electrons. The number of urea groups is 1. The van der Waals surface area contributed by atoms with Crippen LogP contribution >= 0.6 is 0 Å². The average molecular weight is 285 g/mol. The highest BCUT2D eigenvalue weighted by Gasteiger charge is 2.49. The van der Waals surface area contributed by atoms with Crippen LogP contribution in [0.25, 0.3) is 0 Å². The Bertz CT molecular complexity index is 410. The van der Waals surface area contributed by atoms with Crippen molar-refractivity contribution in [2.45, 2.75) is 51.6 Å². The lowest BCUT2D eigenvalue weighted by molar-refractivity contribution is -0.148. The number of carboxylic acids is 1. The Morgan fingerprint density at radius 2 is 2.00 bits per heavy atom. The average Bonchev–Trinajstić information content (AvgIpc) is 2.79. The second kappa shape index (κ2) is 6.11. The van der Waals surface area contributed by atoms with E-state index in [0.29, 0.717) is 25.8 Å². The molecule has 1 unspecified atom stereocenters. The predicted octanol–water partition coefficient (Wildman–Crippen LogP) is 0.631. The van der Waals surface area contributed by atoms with Crippen LogP contribution in [-0.2, 0) is 9.59 Å². The Morgan fingerprint density at radius 3 is 2.40 bits per heavy atom. The highest BCUT2D eigenvalue weighted by atomic mass is 16.4. The van der Waals surface area contributed by atoms with Crippen LogP contribution in [0.4, 0.5) is 4.79 Å². The van der Waals surface area contributed by atoms with Crippen LogP contribution < -0.4 is 5.73 Å². The molecular formula is C13H23N3O4. The summed E-state index contributed by atoms with van der Waals surface area (Å²) in [5.41, 5.74) is 4.00. The molecule has 7 nitrogen and oxygen atoms in total. The highest BCUT2D eigenvalue weighted by molar-refractivity contribution is 5.89. The molecule has 3 N–H and O–H groups in total. The van der Waals surface area contributed by atoms with E-state index in [1.165, 1.54) is 9.80 Å². The standard InChI is InChI=1S/C13H23N3O4/c1-4-13(11(18)19)6-5-7-16(13)12(20)15(9(2)3)8-10(14)17/h9H,4-8H2,1-3H3,(H2,14,17)(H,18,19). The number of primary amides is 1. The quantitative estimate of drug-likeness (QED) is 0.773. The van der Waals surface area contributed by atoms with Gasteiger partial charge in [0.25, 0.3) is 0 Å². The second-order valence-electron chi connectivity index (χ2n) is 5.42. The largest absolute Gasteiger partial charge is 0.479 e. The smallest absolute Gasteiger partial charge is 0.329 e. The number of hydrogen-bond donors (Lipinski definition) is 2. The van der Waals surface area contributed by atoms with Crippen molar-refractivity contribution in [3.05, 3.63) is 0 Å². The molecule has 7 heteroatoms. The Balaban J connectivity index is 3.04. The van der Waals surface area contributed by atoms with Crippen LogP contribution in [0.1, 0.15) is 40.0 Å². The van der Waals surface area contributed by atoms with Gasteiger partial charge in [-0.3, -0.25) is 4.79 Å². The van der Waals surface area contributed by atoms with Crippen molar-refractivity contribution in [1.29, 1.82) is 0 Å². The molecule has 1 atom stereocenters. The first-order valence-corrected chi connectivity index (χ1v) is 6.86. The number of rotatable bonds is 5. The molecule has 0 bridgehead atoms. The molecule has 1 saturated heterocycles. The SMILES string of the molecule is CCC1(C(=O)O)CCCN1C(=O)N(CC(N)=O)C(C)C. The van der Waals surface area contributed by atoms with Crippen LogP contribution in [0.5, 0.6) is 0 Å². The van der Waals surface area contributed by atoms with Crippen LogP contribution in [0.2, 0.25) is 0 Å². The molecule has 1 aliphatic heterocycles. The molecule has 3 amide bonds. The summed E-state index contributed by atoms with van der Waals surface area (Å²) in [6.07, 6.45) is 1.43. The van der Waals surface area contributed by atoms with E-state index in [4.69, 9.17) is 5.73 Å². The number of nitrogens with two attached hydrogens (primary N) is 1. The number of hydrogen-bond acceptors (Lipinski definition) is 3. The topological polar surface area (TPSA) is 104 Å². The van der Waals surface area contributed by atoms with Crippen molar-refractivity contribution in [1.82, 2.24) is 9.80 Å². The lowest BCUT2D eigenvalue weighted by Gasteiger charge is -2.38. The summed E-state index contributed by atoms with van der Waals surface area (Å²) >= 11 is 0. The number of likely N-dealkylation sites (tertiary alicyclic amines) is 1. The monoisotopic (exact) mass is 285 g/mol. The maximum atomic E-state index is 12.6. The van der Waals surface area contributed by atoms with Gasteiger partial charge in [0.15, 0.2) is 0 Å². The number of amides is 3. The van der Waals surface area contributed by atoms with Gasteiger partial charge in [0.1, 0.15) is 12.1 Å². The van der Waals surface area contributed by atoms with E-state index >= 15 is 0 Å². The lowest BCUT2D eigenvalue weighted by atomic mass is 9.93. The summed E-state index contributed by atoms with van der Waals surface area (Å²) in [7, 11) is 0. The number of carboxylic acid groups (broad SMARTS) is 1. The van der Waals surface area contributed by atoms with Gasteiger partial charge in [-0.15, -0.1) is 0 Å². The molecule has 0 aromatic rings. The minimum Gasteiger partial charge on any atom is -0.479 e. The third-order valence-electron chi connectivity index (χ3n) is 3.90. The number of carbonyl (C=O) groups excluding carboxylic acids is 2.